The maximum Gasteiger partial charge on any atom is 0.255 e. The summed E-state index contributed by atoms with van der Waals surface area (Å²) in [4.78, 5) is 17.4. The lowest BCUT2D eigenvalue weighted by atomic mass is 9.95. The fraction of sp³-hybridized carbons (Fsp3) is 0.150. The zero-order chi connectivity index (χ0) is 18.8. The molecule has 0 saturated carbocycles. The molecule has 27 heavy (non-hydrogen) atoms. The summed E-state index contributed by atoms with van der Waals surface area (Å²) in [6.45, 7) is 1.87. The first kappa shape index (κ1) is 16.8. The minimum atomic E-state index is -0.358. The molecule has 7 heteroatoms. The van der Waals surface area contributed by atoms with Gasteiger partial charge >= 0.3 is 0 Å². The van der Waals surface area contributed by atoms with E-state index in [2.05, 4.69) is 20.7 Å². The monoisotopic (exact) mass is 361 g/mol. The van der Waals surface area contributed by atoms with Gasteiger partial charge < -0.3 is 15.4 Å². The average molecular weight is 361 g/mol. The molecule has 1 aromatic heterocycles. The number of anilines is 2. The van der Waals surface area contributed by atoms with Crippen LogP contribution >= 0.6 is 0 Å². The van der Waals surface area contributed by atoms with E-state index in [0.717, 1.165) is 17.0 Å². The van der Waals surface area contributed by atoms with E-state index >= 15 is 0 Å². The molecule has 136 valence electrons. The number of methoxy groups -OCH3 is 1. The molecule has 1 aliphatic rings. The fourth-order valence-electron chi connectivity index (χ4n) is 3.20. The molecular formula is C20H19N5O2. The third-order valence-electron chi connectivity index (χ3n) is 4.50. The second-order valence-electron chi connectivity index (χ2n) is 6.19. The van der Waals surface area contributed by atoms with Crippen molar-refractivity contribution in [2.24, 2.45) is 0 Å². The van der Waals surface area contributed by atoms with Crippen molar-refractivity contribution in [3.63, 3.8) is 0 Å². The number of carbonyl (C=O) groups excluding carboxylic acids is 1. The van der Waals surface area contributed by atoms with Crippen LogP contribution in [0.4, 0.5) is 11.6 Å². The van der Waals surface area contributed by atoms with Crippen LogP contribution in [0, 0.1) is 0 Å². The lowest BCUT2D eigenvalue weighted by molar-refractivity contribution is -0.113. The van der Waals surface area contributed by atoms with Gasteiger partial charge in [-0.3, -0.25) is 4.79 Å². The Bertz CT molecular complexity index is 993. The SMILES string of the molecule is COc1ccc(NC(=O)C2=C(C)Nc3ncnn3C2c2ccccc2)cc1. The standard InChI is InChI=1S/C20H19N5O2/c1-13-17(19(26)24-15-8-10-16(27-2)11-9-15)18(14-6-4-3-5-7-14)25-20(23-13)21-12-22-25/h3-12,18H,1-2H3,(H,24,26)(H,21,22,23). The maximum absolute atomic E-state index is 13.1. The Labute approximate surface area is 156 Å². The topological polar surface area (TPSA) is 81.1 Å². The van der Waals surface area contributed by atoms with Crippen molar-refractivity contribution in [3.05, 3.63) is 77.8 Å². The largest absolute Gasteiger partial charge is 0.497 e. The summed E-state index contributed by atoms with van der Waals surface area (Å²) in [5.41, 5.74) is 2.99. The van der Waals surface area contributed by atoms with Gasteiger partial charge in [0.25, 0.3) is 5.91 Å². The zero-order valence-electron chi connectivity index (χ0n) is 15.0. The van der Waals surface area contributed by atoms with E-state index in [-0.39, 0.29) is 11.9 Å². The number of allylic oxidation sites excluding steroid dienone is 1. The van der Waals surface area contributed by atoms with Crippen LogP contribution in [0.25, 0.3) is 0 Å². The number of carbonyl (C=O) groups is 1. The van der Waals surface area contributed by atoms with E-state index in [1.807, 2.05) is 37.3 Å². The van der Waals surface area contributed by atoms with Gasteiger partial charge in [-0.15, -0.1) is 0 Å². The first-order valence-corrected chi connectivity index (χ1v) is 8.55. The van der Waals surface area contributed by atoms with Crippen molar-refractivity contribution in [1.29, 1.82) is 0 Å². The number of aromatic nitrogens is 3. The van der Waals surface area contributed by atoms with Gasteiger partial charge in [0, 0.05) is 11.4 Å². The van der Waals surface area contributed by atoms with Crippen LogP contribution < -0.4 is 15.4 Å². The van der Waals surface area contributed by atoms with Gasteiger partial charge in [0.05, 0.1) is 12.7 Å². The molecule has 2 heterocycles. The second-order valence-corrected chi connectivity index (χ2v) is 6.19. The third-order valence-corrected chi connectivity index (χ3v) is 4.50. The lowest BCUT2D eigenvalue weighted by Crippen LogP contribution is -2.31. The van der Waals surface area contributed by atoms with Crippen LogP contribution in [0.3, 0.4) is 0 Å². The van der Waals surface area contributed by atoms with Crippen LogP contribution in [-0.4, -0.2) is 27.8 Å². The highest BCUT2D eigenvalue weighted by atomic mass is 16.5. The van der Waals surface area contributed by atoms with Crippen molar-refractivity contribution in [2.75, 3.05) is 17.7 Å². The number of hydrogen-bond donors (Lipinski definition) is 2. The van der Waals surface area contributed by atoms with E-state index in [1.54, 1.807) is 36.1 Å². The van der Waals surface area contributed by atoms with Crippen LogP contribution in [0.5, 0.6) is 5.75 Å². The molecule has 0 radical (unpaired) electrons. The van der Waals surface area contributed by atoms with E-state index in [9.17, 15) is 4.79 Å². The van der Waals surface area contributed by atoms with E-state index in [0.29, 0.717) is 17.2 Å². The zero-order valence-corrected chi connectivity index (χ0v) is 15.0. The molecule has 1 atom stereocenters. The van der Waals surface area contributed by atoms with Crippen LogP contribution in [0.15, 0.2) is 72.2 Å². The summed E-state index contributed by atoms with van der Waals surface area (Å²) in [5.74, 6) is 1.15. The average Bonchev–Trinajstić information content (AvgIpc) is 3.16. The first-order valence-electron chi connectivity index (χ1n) is 8.55. The summed E-state index contributed by atoms with van der Waals surface area (Å²) >= 11 is 0. The Kier molecular flexibility index (Phi) is 4.33. The Balaban J connectivity index is 1.70. The fourth-order valence-corrected chi connectivity index (χ4v) is 3.20. The highest BCUT2D eigenvalue weighted by Gasteiger charge is 2.33. The maximum atomic E-state index is 13.1. The highest BCUT2D eigenvalue weighted by Crippen LogP contribution is 2.35. The van der Waals surface area contributed by atoms with Gasteiger partial charge in [0.1, 0.15) is 18.1 Å². The van der Waals surface area contributed by atoms with Crippen LogP contribution in [0.1, 0.15) is 18.5 Å². The van der Waals surface area contributed by atoms with Crippen molar-refractivity contribution in [1.82, 2.24) is 14.8 Å². The number of nitrogens with zero attached hydrogens (tertiary/aromatic N) is 3. The molecule has 0 bridgehead atoms. The predicted molar refractivity (Wildman–Crippen MR) is 103 cm³/mol. The Morgan fingerprint density at radius 1 is 1.15 bits per heavy atom. The van der Waals surface area contributed by atoms with Gasteiger partial charge in [0.15, 0.2) is 0 Å². The molecule has 0 fully saturated rings. The van der Waals surface area contributed by atoms with Crippen molar-refractivity contribution < 1.29 is 9.53 Å². The van der Waals surface area contributed by atoms with E-state index in [1.165, 1.54) is 6.33 Å². The Hall–Kier alpha value is -3.61. The molecular weight excluding hydrogens is 342 g/mol. The predicted octanol–water partition coefficient (Wildman–Crippen LogP) is 3.21. The van der Waals surface area contributed by atoms with Gasteiger partial charge in [-0.2, -0.15) is 10.1 Å². The summed E-state index contributed by atoms with van der Waals surface area (Å²) < 4.78 is 6.89. The first-order chi connectivity index (χ1) is 13.2. The molecule has 0 aliphatic carbocycles. The van der Waals surface area contributed by atoms with Crippen LogP contribution in [-0.2, 0) is 4.79 Å². The number of hydrogen-bond acceptors (Lipinski definition) is 5. The van der Waals surface area contributed by atoms with Gasteiger partial charge in [-0.1, -0.05) is 30.3 Å². The summed E-state index contributed by atoms with van der Waals surface area (Å²) in [7, 11) is 1.61. The molecule has 1 unspecified atom stereocenters. The molecule has 0 saturated heterocycles. The van der Waals surface area contributed by atoms with Gasteiger partial charge in [-0.25, -0.2) is 4.68 Å². The molecule has 3 aromatic rings. The normalized spacial score (nSPS) is 15.7. The number of benzene rings is 2. The molecule has 4 rings (SSSR count). The van der Waals surface area contributed by atoms with E-state index < -0.39 is 0 Å². The second kappa shape index (κ2) is 6.95. The Morgan fingerprint density at radius 3 is 2.59 bits per heavy atom. The molecule has 1 amide bonds. The number of rotatable bonds is 4. The minimum Gasteiger partial charge on any atom is -0.497 e. The molecule has 2 N–H and O–H groups in total. The minimum absolute atomic E-state index is 0.194. The number of ether oxygens (including phenoxy) is 1. The van der Waals surface area contributed by atoms with Gasteiger partial charge in [-0.05, 0) is 36.8 Å². The number of fused-ring (bicyclic) bond motifs is 1. The quantitative estimate of drug-likeness (QED) is 0.746. The third kappa shape index (κ3) is 3.15. The summed E-state index contributed by atoms with van der Waals surface area (Å²) in [6, 6.07) is 16.7. The highest BCUT2D eigenvalue weighted by molar-refractivity contribution is 6.06. The molecule has 0 spiro atoms. The van der Waals surface area contributed by atoms with Crippen molar-refractivity contribution >= 4 is 17.5 Å². The molecule has 2 aromatic carbocycles. The van der Waals surface area contributed by atoms with Crippen molar-refractivity contribution in [2.45, 2.75) is 13.0 Å². The van der Waals surface area contributed by atoms with Crippen molar-refractivity contribution in [3.8, 4) is 5.75 Å². The smallest absolute Gasteiger partial charge is 0.255 e. The summed E-state index contributed by atoms with van der Waals surface area (Å²) in [6.07, 6.45) is 1.48. The van der Waals surface area contributed by atoms with Crippen LogP contribution in [0.2, 0.25) is 0 Å². The van der Waals surface area contributed by atoms with Gasteiger partial charge in [0.2, 0.25) is 5.95 Å². The molecule has 1 aliphatic heterocycles. The molecule has 7 nitrogen and oxygen atoms in total. The number of nitrogens with one attached hydrogen (secondary N) is 2. The Morgan fingerprint density at radius 2 is 1.89 bits per heavy atom. The lowest BCUT2D eigenvalue weighted by Gasteiger charge is -2.28. The van der Waals surface area contributed by atoms with E-state index in [4.69, 9.17) is 4.74 Å². The number of amides is 1. The summed E-state index contributed by atoms with van der Waals surface area (Å²) in [5, 5.41) is 10.4.